The number of hydrogen-bond acceptors (Lipinski definition) is 3. The fourth-order valence-electron chi connectivity index (χ4n) is 2.06. The van der Waals surface area contributed by atoms with Crippen LogP contribution in [0.4, 0.5) is 4.39 Å². The summed E-state index contributed by atoms with van der Waals surface area (Å²) >= 11 is 0. The number of fused-ring (bicyclic) bond motifs is 1. The Hall–Kier alpha value is -1.68. The van der Waals surface area contributed by atoms with Gasteiger partial charge in [-0.1, -0.05) is 25.5 Å². The Kier molecular flexibility index (Phi) is 4.32. The first-order chi connectivity index (χ1) is 9.17. The number of rotatable bonds is 6. The van der Waals surface area contributed by atoms with Gasteiger partial charge in [-0.2, -0.15) is 0 Å². The maximum absolute atomic E-state index is 13.5. The van der Waals surface area contributed by atoms with Gasteiger partial charge in [-0.15, -0.1) is 0 Å². The van der Waals surface area contributed by atoms with E-state index < -0.39 is 11.9 Å². The van der Waals surface area contributed by atoms with E-state index in [-0.39, 0.29) is 17.1 Å². The minimum absolute atomic E-state index is 0.123. The molecule has 0 spiro atoms. The Morgan fingerprint density at radius 2 is 2.21 bits per heavy atom. The Labute approximate surface area is 111 Å². The summed E-state index contributed by atoms with van der Waals surface area (Å²) in [5.41, 5.74) is 0.123. The van der Waals surface area contributed by atoms with E-state index in [4.69, 9.17) is 9.15 Å². The van der Waals surface area contributed by atoms with Crippen LogP contribution >= 0.6 is 0 Å². The molecule has 1 atom stereocenters. The second-order valence-electron chi connectivity index (χ2n) is 4.37. The number of ether oxygens (including phenoxy) is 1. The van der Waals surface area contributed by atoms with Gasteiger partial charge in [0.25, 0.3) is 0 Å². The number of halogens is 1. The molecule has 0 aliphatic rings. The quantitative estimate of drug-likeness (QED) is 0.741. The van der Waals surface area contributed by atoms with Gasteiger partial charge in [0, 0.05) is 12.0 Å². The van der Waals surface area contributed by atoms with Crippen molar-refractivity contribution in [2.24, 2.45) is 0 Å². The molecule has 1 heterocycles. The topological polar surface area (TPSA) is 39.4 Å². The lowest BCUT2D eigenvalue weighted by molar-refractivity contribution is 0.0401. The predicted molar refractivity (Wildman–Crippen MR) is 70.8 cm³/mol. The molecular weight excluding hydrogens is 247 g/mol. The number of carbonyl (C=O) groups is 1. The third-order valence-corrected chi connectivity index (χ3v) is 2.95. The zero-order valence-electron chi connectivity index (χ0n) is 11.1. The largest absolute Gasteiger partial charge is 0.450 e. The number of Topliss-reactive ketones (excluding diaryl/α,β-unsaturated/α-hetero) is 1. The summed E-state index contributed by atoms with van der Waals surface area (Å²) in [5.74, 6) is -0.522. The lowest BCUT2D eigenvalue weighted by Crippen LogP contribution is -2.24. The second-order valence-corrected chi connectivity index (χ2v) is 4.37. The van der Waals surface area contributed by atoms with Gasteiger partial charge in [-0.25, -0.2) is 4.39 Å². The van der Waals surface area contributed by atoms with Gasteiger partial charge < -0.3 is 9.15 Å². The number of hydrogen-bond donors (Lipinski definition) is 0. The van der Waals surface area contributed by atoms with E-state index in [1.807, 2.05) is 13.8 Å². The lowest BCUT2D eigenvalue weighted by atomic mass is 10.1. The van der Waals surface area contributed by atoms with Gasteiger partial charge in [0.05, 0.1) is 0 Å². The summed E-state index contributed by atoms with van der Waals surface area (Å²) in [6, 6.07) is 6.19. The lowest BCUT2D eigenvalue weighted by Gasteiger charge is -2.12. The highest BCUT2D eigenvalue weighted by molar-refractivity contribution is 6.00. The number of benzene rings is 1. The maximum Gasteiger partial charge on any atom is 0.226 e. The van der Waals surface area contributed by atoms with Crippen LogP contribution in [-0.4, -0.2) is 18.5 Å². The molecule has 3 nitrogen and oxygen atoms in total. The number of carbonyl (C=O) groups excluding carboxylic acids is 1. The molecule has 0 bridgehead atoms. The average molecular weight is 264 g/mol. The zero-order chi connectivity index (χ0) is 13.8. The fraction of sp³-hybridized carbons (Fsp3) is 0.400. The molecule has 2 aromatic rings. The second kappa shape index (κ2) is 5.97. The average Bonchev–Trinajstić information content (AvgIpc) is 2.83. The highest BCUT2D eigenvalue weighted by Crippen LogP contribution is 2.24. The van der Waals surface area contributed by atoms with Crippen molar-refractivity contribution in [2.75, 3.05) is 6.61 Å². The standard InChI is InChI=1S/C15H17FO3/c1-3-6-12(18-4-2)14(17)13-9-10-7-5-8-11(16)15(10)19-13/h5,7-9,12H,3-4,6H2,1-2H3. The minimum Gasteiger partial charge on any atom is -0.450 e. The highest BCUT2D eigenvalue weighted by Gasteiger charge is 2.23. The monoisotopic (exact) mass is 264 g/mol. The number of para-hydroxylation sites is 1. The van der Waals surface area contributed by atoms with Gasteiger partial charge in [0.15, 0.2) is 17.2 Å². The van der Waals surface area contributed by atoms with Crippen LogP contribution in [0.5, 0.6) is 0 Å². The molecule has 2 rings (SSSR count). The normalized spacial score (nSPS) is 12.8. The van der Waals surface area contributed by atoms with Crippen molar-refractivity contribution in [1.82, 2.24) is 0 Å². The molecular formula is C15H17FO3. The first kappa shape index (κ1) is 13.7. The van der Waals surface area contributed by atoms with E-state index in [9.17, 15) is 9.18 Å². The summed E-state index contributed by atoms with van der Waals surface area (Å²) < 4.78 is 24.3. The Morgan fingerprint density at radius 1 is 1.42 bits per heavy atom. The molecule has 4 heteroatoms. The van der Waals surface area contributed by atoms with Crippen molar-refractivity contribution in [3.05, 3.63) is 35.8 Å². The van der Waals surface area contributed by atoms with E-state index in [1.54, 1.807) is 18.2 Å². The molecule has 1 aromatic carbocycles. The van der Waals surface area contributed by atoms with Crippen LogP contribution in [0.1, 0.15) is 37.2 Å². The number of ketones is 1. The van der Waals surface area contributed by atoms with Crippen LogP contribution in [0.2, 0.25) is 0 Å². The Morgan fingerprint density at radius 3 is 2.84 bits per heavy atom. The molecule has 1 aromatic heterocycles. The maximum atomic E-state index is 13.5. The SMILES string of the molecule is CCCC(OCC)C(=O)c1cc2cccc(F)c2o1. The predicted octanol–water partition coefficient (Wildman–Crippen LogP) is 3.96. The molecule has 0 amide bonds. The molecule has 0 saturated carbocycles. The first-order valence-electron chi connectivity index (χ1n) is 6.51. The van der Waals surface area contributed by atoms with Crippen LogP contribution in [-0.2, 0) is 4.74 Å². The van der Waals surface area contributed by atoms with Crippen molar-refractivity contribution in [3.8, 4) is 0 Å². The minimum atomic E-state index is -0.515. The molecule has 0 saturated heterocycles. The summed E-state index contributed by atoms with van der Waals surface area (Å²) in [6.07, 6.45) is 0.954. The molecule has 0 radical (unpaired) electrons. The summed E-state index contributed by atoms with van der Waals surface area (Å²) in [5, 5.41) is 0.593. The van der Waals surface area contributed by atoms with Gasteiger partial charge in [0.2, 0.25) is 5.78 Å². The summed E-state index contributed by atoms with van der Waals surface area (Å²) in [7, 11) is 0. The van der Waals surface area contributed by atoms with Crippen LogP contribution in [0, 0.1) is 5.82 Å². The number of furan rings is 1. The van der Waals surface area contributed by atoms with Gasteiger partial charge in [-0.05, 0) is 25.5 Å². The van der Waals surface area contributed by atoms with Gasteiger partial charge >= 0.3 is 0 Å². The smallest absolute Gasteiger partial charge is 0.226 e. The zero-order valence-corrected chi connectivity index (χ0v) is 11.1. The molecule has 0 aliphatic heterocycles. The molecule has 19 heavy (non-hydrogen) atoms. The van der Waals surface area contributed by atoms with Crippen LogP contribution in [0.15, 0.2) is 28.7 Å². The van der Waals surface area contributed by atoms with Crippen molar-refractivity contribution in [2.45, 2.75) is 32.8 Å². The van der Waals surface area contributed by atoms with Crippen molar-refractivity contribution in [1.29, 1.82) is 0 Å². The van der Waals surface area contributed by atoms with E-state index in [0.29, 0.717) is 18.4 Å². The molecule has 0 N–H and O–H groups in total. The van der Waals surface area contributed by atoms with E-state index in [2.05, 4.69) is 0 Å². The summed E-state index contributed by atoms with van der Waals surface area (Å²) in [6.45, 7) is 4.29. The highest BCUT2D eigenvalue weighted by atomic mass is 19.1. The molecule has 102 valence electrons. The van der Waals surface area contributed by atoms with Gasteiger partial charge in [0.1, 0.15) is 6.10 Å². The van der Waals surface area contributed by atoms with E-state index in [1.165, 1.54) is 6.07 Å². The molecule has 1 unspecified atom stereocenters. The molecule has 0 aliphatic carbocycles. The third-order valence-electron chi connectivity index (χ3n) is 2.95. The van der Waals surface area contributed by atoms with Crippen LogP contribution < -0.4 is 0 Å². The van der Waals surface area contributed by atoms with Crippen molar-refractivity contribution in [3.63, 3.8) is 0 Å². The molecule has 0 fully saturated rings. The van der Waals surface area contributed by atoms with E-state index in [0.717, 1.165) is 6.42 Å². The fourth-order valence-corrected chi connectivity index (χ4v) is 2.06. The van der Waals surface area contributed by atoms with Crippen LogP contribution in [0.25, 0.3) is 11.0 Å². The third kappa shape index (κ3) is 2.84. The first-order valence-corrected chi connectivity index (χ1v) is 6.51. The Bertz CT molecular complexity index is 568. The van der Waals surface area contributed by atoms with Crippen molar-refractivity contribution >= 4 is 16.8 Å². The van der Waals surface area contributed by atoms with Crippen molar-refractivity contribution < 1.29 is 18.3 Å². The van der Waals surface area contributed by atoms with E-state index >= 15 is 0 Å². The Balaban J connectivity index is 2.32. The summed E-state index contributed by atoms with van der Waals surface area (Å²) in [4.78, 5) is 12.3. The van der Waals surface area contributed by atoms with Crippen LogP contribution in [0.3, 0.4) is 0 Å². The van der Waals surface area contributed by atoms with Gasteiger partial charge in [-0.3, -0.25) is 4.79 Å².